The third-order valence-electron chi connectivity index (χ3n) is 3.96. The van der Waals surface area contributed by atoms with Crippen LogP contribution in [0.25, 0.3) is 11.3 Å². The van der Waals surface area contributed by atoms with Crippen molar-refractivity contribution in [3.8, 4) is 11.3 Å². The smallest absolute Gasteiger partial charge is 0.293 e. The van der Waals surface area contributed by atoms with Crippen molar-refractivity contribution >= 4 is 45.1 Å². The molecule has 0 bridgehead atoms. The molecule has 1 N–H and O–H groups in total. The van der Waals surface area contributed by atoms with Crippen LogP contribution in [0.3, 0.4) is 0 Å². The third-order valence-corrected chi connectivity index (χ3v) is 5.68. The quantitative estimate of drug-likeness (QED) is 0.493. The number of aryl methyl sites for hydroxylation is 2. The first-order chi connectivity index (χ1) is 12.8. The molecule has 0 unspecified atom stereocenters. The van der Waals surface area contributed by atoms with Crippen LogP contribution < -0.4 is 10.2 Å². The highest BCUT2D eigenvalue weighted by Crippen LogP contribution is 2.33. The molecule has 3 rings (SSSR count). The monoisotopic (exact) mass is 402 g/mol. The van der Waals surface area contributed by atoms with Gasteiger partial charge in [-0.3, -0.25) is 20.2 Å². The van der Waals surface area contributed by atoms with Crippen molar-refractivity contribution in [1.29, 1.82) is 0 Å². The predicted octanol–water partition coefficient (Wildman–Crippen LogP) is 4.71. The molecule has 140 valence electrons. The van der Waals surface area contributed by atoms with Crippen molar-refractivity contribution in [2.24, 2.45) is 0 Å². The van der Waals surface area contributed by atoms with Crippen LogP contribution in [0.5, 0.6) is 0 Å². The van der Waals surface area contributed by atoms with Crippen LogP contribution in [0.1, 0.15) is 20.1 Å². The molecule has 3 aromatic rings. The summed E-state index contributed by atoms with van der Waals surface area (Å²) in [5.74, 6) is -0.428. The number of nitro benzene ring substituents is 1. The second-order valence-corrected chi connectivity index (χ2v) is 8.49. The number of carbonyl (C=O) groups excluding carboxylic acids is 1. The van der Waals surface area contributed by atoms with Crippen molar-refractivity contribution < 1.29 is 9.72 Å². The Balaban J connectivity index is 1.83. The second-order valence-electron chi connectivity index (χ2n) is 6.17. The number of anilines is 2. The van der Waals surface area contributed by atoms with E-state index >= 15 is 0 Å². The van der Waals surface area contributed by atoms with E-state index in [1.54, 1.807) is 42.5 Å². The van der Waals surface area contributed by atoms with Crippen molar-refractivity contribution in [3.05, 3.63) is 55.1 Å². The van der Waals surface area contributed by atoms with E-state index in [1.165, 1.54) is 27.2 Å². The lowest BCUT2D eigenvalue weighted by Crippen LogP contribution is -2.14. The van der Waals surface area contributed by atoms with E-state index in [2.05, 4.69) is 16.4 Å². The third kappa shape index (κ3) is 3.99. The summed E-state index contributed by atoms with van der Waals surface area (Å²) in [6.45, 7) is 4.08. The minimum atomic E-state index is -0.491. The lowest BCUT2D eigenvalue weighted by atomic mass is 10.1. The Morgan fingerprint density at radius 1 is 1.26 bits per heavy atom. The summed E-state index contributed by atoms with van der Waals surface area (Å²) in [7, 11) is 3.43. The number of carbonyl (C=O) groups is 1. The normalized spacial score (nSPS) is 10.7. The molecule has 0 aliphatic heterocycles. The van der Waals surface area contributed by atoms with Crippen LogP contribution in [-0.2, 0) is 0 Å². The SMILES string of the molecule is Cc1cc(-c2csc(NC(=O)c3ccc(N(C)C)c([N+](=O)[O-])c3)n2)c(C)s1. The molecule has 0 spiro atoms. The highest BCUT2D eigenvalue weighted by atomic mass is 32.1. The number of hydrogen-bond donors (Lipinski definition) is 1. The van der Waals surface area contributed by atoms with Gasteiger partial charge in [0.1, 0.15) is 5.69 Å². The van der Waals surface area contributed by atoms with E-state index in [-0.39, 0.29) is 11.3 Å². The van der Waals surface area contributed by atoms with Gasteiger partial charge in [-0.15, -0.1) is 22.7 Å². The van der Waals surface area contributed by atoms with Gasteiger partial charge in [0.05, 0.1) is 10.6 Å². The lowest BCUT2D eigenvalue weighted by molar-refractivity contribution is -0.384. The first kappa shape index (κ1) is 19.0. The van der Waals surface area contributed by atoms with Gasteiger partial charge in [-0.2, -0.15) is 0 Å². The zero-order valence-electron chi connectivity index (χ0n) is 15.3. The molecule has 0 fully saturated rings. The maximum Gasteiger partial charge on any atom is 0.293 e. The molecular formula is C18H18N4O3S2. The minimum Gasteiger partial charge on any atom is -0.372 e. The number of hydrogen-bond acceptors (Lipinski definition) is 7. The van der Waals surface area contributed by atoms with Gasteiger partial charge in [0.25, 0.3) is 11.6 Å². The maximum absolute atomic E-state index is 12.5. The van der Waals surface area contributed by atoms with Crippen LogP contribution >= 0.6 is 22.7 Å². The highest BCUT2D eigenvalue weighted by molar-refractivity contribution is 7.14. The summed E-state index contributed by atoms with van der Waals surface area (Å²) >= 11 is 3.02. The fourth-order valence-corrected chi connectivity index (χ4v) is 4.34. The summed E-state index contributed by atoms with van der Waals surface area (Å²) in [5, 5.41) is 16.4. The summed E-state index contributed by atoms with van der Waals surface area (Å²) in [5.41, 5.74) is 2.41. The second kappa shape index (κ2) is 7.45. The Hall–Kier alpha value is -2.78. The van der Waals surface area contributed by atoms with Gasteiger partial charge in [-0.05, 0) is 32.0 Å². The van der Waals surface area contributed by atoms with Crippen LogP contribution in [-0.4, -0.2) is 29.9 Å². The zero-order chi connectivity index (χ0) is 19.7. The maximum atomic E-state index is 12.5. The van der Waals surface area contributed by atoms with Crippen LogP contribution in [0, 0.1) is 24.0 Å². The largest absolute Gasteiger partial charge is 0.372 e. The minimum absolute atomic E-state index is 0.114. The molecule has 27 heavy (non-hydrogen) atoms. The molecule has 0 atom stereocenters. The van der Waals surface area contributed by atoms with Crippen LogP contribution in [0.4, 0.5) is 16.5 Å². The Morgan fingerprint density at radius 2 is 2.00 bits per heavy atom. The van der Waals surface area contributed by atoms with E-state index in [9.17, 15) is 14.9 Å². The number of benzene rings is 1. The molecule has 0 aliphatic rings. The topological polar surface area (TPSA) is 88.4 Å². The molecule has 0 aliphatic carbocycles. The van der Waals surface area contributed by atoms with E-state index in [0.29, 0.717) is 10.8 Å². The van der Waals surface area contributed by atoms with Gasteiger partial charge in [-0.1, -0.05) is 0 Å². The molecule has 2 heterocycles. The standard InChI is InChI=1S/C18H18N4O3S2/c1-10-7-13(11(2)27-10)14-9-26-18(19-14)20-17(23)12-5-6-15(21(3)4)16(8-12)22(24)25/h5-9H,1-4H3,(H,19,20,23). The molecule has 0 saturated carbocycles. The van der Waals surface area contributed by atoms with Gasteiger partial charge in [0.2, 0.25) is 0 Å². The first-order valence-corrected chi connectivity index (χ1v) is 9.76. The average molecular weight is 403 g/mol. The predicted molar refractivity (Wildman–Crippen MR) is 110 cm³/mol. The molecule has 1 amide bonds. The fraction of sp³-hybridized carbons (Fsp3) is 0.222. The average Bonchev–Trinajstić information content (AvgIpc) is 3.19. The first-order valence-electron chi connectivity index (χ1n) is 8.06. The molecule has 9 heteroatoms. The number of thiazole rings is 1. The Bertz CT molecular complexity index is 1020. The number of nitro groups is 1. The van der Waals surface area contributed by atoms with E-state index in [4.69, 9.17) is 0 Å². The fourth-order valence-electron chi connectivity index (χ4n) is 2.70. The number of nitrogens with zero attached hydrogens (tertiary/aromatic N) is 3. The van der Waals surface area contributed by atoms with Gasteiger partial charge in [-0.25, -0.2) is 4.98 Å². The highest BCUT2D eigenvalue weighted by Gasteiger charge is 2.19. The summed E-state index contributed by atoms with van der Waals surface area (Å²) in [6.07, 6.45) is 0. The zero-order valence-corrected chi connectivity index (χ0v) is 16.9. The molecule has 0 radical (unpaired) electrons. The number of rotatable bonds is 5. The Morgan fingerprint density at radius 3 is 2.59 bits per heavy atom. The van der Waals surface area contributed by atoms with E-state index in [0.717, 1.165) is 11.3 Å². The number of thiophene rings is 1. The van der Waals surface area contributed by atoms with Crippen molar-refractivity contribution in [3.63, 3.8) is 0 Å². The molecule has 0 saturated heterocycles. The van der Waals surface area contributed by atoms with Crippen molar-refractivity contribution in [2.75, 3.05) is 24.3 Å². The van der Waals surface area contributed by atoms with E-state index < -0.39 is 10.8 Å². The van der Waals surface area contributed by atoms with Crippen LogP contribution in [0.15, 0.2) is 29.6 Å². The van der Waals surface area contributed by atoms with Gasteiger partial charge in [0, 0.05) is 46.4 Å². The number of nitrogens with one attached hydrogen (secondary N) is 1. The summed E-state index contributed by atoms with van der Waals surface area (Å²) < 4.78 is 0. The Kier molecular flexibility index (Phi) is 5.24. The molecule has 1 aromatic carbocycles. The summed E-state index contributed by atoms with van der Waals surface area (Å²) in [4.78, 5) is 31.8. The van der Waals surface area contributed by atoms with Gasteiger partial charge < -0.3 is 4.90 Å². The van der Waals surface area contributed by atoms with E-state index in [1.807, 2.05) is 19.2 Å². The molecule has 2 aromatic heterocycles. The van der Waals surface area contributed by atoms with Crippen molar-refractivity contribution in [2.45, 2.75) is 13.8 Å². The van der Waals surface area contributed by atoms with Crippen LogP contribution in [0.2, 0.25) is 0 Å². The molecular weight excluding hydrogens is 384 g/mol. The number of amides is 1. The molecule has 7 nitrogen and oxygen atoms in total. The lowest BCUT2D eigenvalue weighted by Gasteiger charge is -2.13. The van der Waals surface area contributed by atoms with Gasteiger partial charge in [0.15, 0.2) is 5.13 Å². The number of aromatic nitrogens is 1. The van der Waals surface area contributed by atoms with Crippen molar-refractivity contribution in [1.82, 2.24) is 4.98 Å². The Labute approximate surface area is 164 Å². The summed E-state index contributed by atoms with van der Waals surface area (Å²) in [6, 6.07) is 6.49. The van der Waals surface area contributed by atoms with Gasteiger partial charge >= 0.3 is 0 Å².